The number of thioether (sulfide) groups is 1. The van der Waals surface area contributed by atoms with Crippen LogP contribution in [0.5, 0.6) is 0 Å². The molecule has 0 aliphatic heterocycles. The van der Waals surface area contributed by atoms with E-state index in [9.17, 15) is 9.59 Å². The van der Waals surface area contributed by atoms with E-state index in [1.807, 2.05) is 32.0 Å². The highest BCUT2D eigenvalue weighted by atomic mass is 32.2. The molecule has 0 saturated carbocycles. The van der Waals surface area contributed by atoms with E-state index in [1.165, 1.54) is 28.5 Å². The molecule has 0 bridgehead atoms. The van der Waals surface area contributed by atoms with E-state index in [0.29, 0.717) is 5.75 Å². The molecule has 26 heavy (non-hydrogen) atoms. The molecule has 0 unspecified atom stereocenters. The summed E-state index contributed by atoms with van der Waals surface area (Å²) in [5.74, 6) is -0.0732. The standard InChI is InChI=1S/C21H26N2O2S/c1-13-9-16(4)21(17(5)10-13)26-12-19(25)22-11-18(24)23-20-14(2)7-6-8-15(20)3/h6-10H,11-12H2,1-5H3,(H,22,25)(H,23,24). The van der Waals surface area contributed by atoms with Crippen molar-refractivity contribution in [2.45, 2.75) is 39.5 Å². The molecule has 2 N–H and O–H groups in total. The second-order valence-corrected chi connectivity index (χ2v) is 7.59. The lowest BCUT2D eigenvalue weighted by molar-refractivity contribution is -0.122. The Labute approximate surface area is 159 Å². The first-order valence-electron chi connectivity index (χ1n) is 8.61. The van der Waals surface area contributed by atoms with Gasteiger partial charge in [-0.05, 0) is 56.9 Å². The molecule has 0 atom stereocenters. The van der Waals surface area contributed by atoms with E-state index < -0.39 is 0 Å². The smallest absolute Gasteiger partial charge is 0.243 e. The maximum atomic E-state index is 12.1. The Bertz CT molecular complexity index is 788. The lowest BCUT2D eigenvalue weighted by atomic mass is 10.1. The number of rotatable bonds is 6. The Morgan fingerprint density at radius 2 is 1.46 bits per heavy atom. The molecule has 2 aromatic carbocycles. The minimum absolute atomic E-state index is 0.0287. The Balaban J connectivity index is 1.85. The third kappa shape index (κ3) is 5.36. The van der Waals surface area contributed by atoms with Crippen molar-refractivity contribution >= 4 is 29.3 Å². The first-order chi connectivity index (χ1) is 12.3. The molecule has 4 nitrogen and oxygen atoms in total. The number of anilines is 1. The highest BCUT2D eigenvalue weighted by molar-refractivity contribution is 8.00. The molecular weight excluding hydrogens is 344 g/mol. The Morgan fingerprint density at radius 1 is 0.885 bits per heavy atom. The maximum absolute atomic E-state index is 12.1. The van der Waals surface area contributed by atoms with Gasteiger partial charge in [-0.1, -0.05) is 35.9 Å². The average Bonchev–Trinajstić information content (AvgIpc) is 2.55. The molecule has 2 rings (SSSR count). The zero-order valence-corrected chi connectivity index (χ0v) is 16.8. The van der Waals surface area contributed by atoms with Gasteiger partial charge < -0.3 is 10.6 Å². The van der Waals surface area contributed by atoms with Crippen molar-refractivity contribution in [3.63, 3.8) is 0 Å². The van der Waals surface area contributed by atoms with Gasteiger partial charge in [0.2, 0.25) is 11.8 Å². The Kier molecular flexibility index (Phi) is 6.86. The number of aryl methyl sites for hydroxylation is 5. The highest BCUT2D eigenvalue weighted by Gasteiger charge is 2.11. The molecule has 0 radical (unpaired) electrons. The molecule has 0 fully saturated rings. The van der Waals surface area contributed by atoms with Crippen LogP contribution in [0.4, 0.5) is 5.69 Å². The van der Waals surface area contributed by atoms with Crippen LogP contribution in [0.3, 0.4) is 0 Å². The summed E-state index contributed by atoms with van der Waals surface area (Å²) in [5, 5.41) is 5.56. The second-order valence-electron chi connectivity index (χ2n) is 6.61. The fraction of sp³-hybridized carbons (Fsp3) is 0.333. The van der Waals surface area contributed by atoms with Crippen LogP contribution >= 0.6 is 11.8 Å². The van der Waals surface area contributed by atoms with Crippen molar-refractivity contribution in [2.75, 3.05) is 17.6 Å². The molecule has 0 aromatic heterocycles. The predicted octanol–water partition coefficient (Wildman–Crippen LogP) is 4.08. The van der Waals surface area contributed by atoms with Crippen molar-refractivity contribution in [2.24, 2.45) is 0 Å². The van der Waals surface area contributed by atoms with E-state index >= 15 is 0 Å². The Morgan fingerprint density at radius 3 is 2.04 bits per heavy atom. The van der Waals surface area contributed by atoms with Crippen molar-refractivity contribution < 1.29 is 9.59 Å². The molecule has 0 saturated heterocycles. The van der Waals surface area contributed by atoms with Crippen molar-refractivity contribution in [1.82, 2.24) is 5.32 Å². The quantitative estimate of drug-likeness (QED) is 0.754. The van der Waals surface area contributed by atoms with E-state index in [4.69, 9.17) is 0 Å². The Hall–Kier alpha value is -2.27. The summed E-state index contributed by atoms with van der Waals surface area (Å²) in [5.41, 5.74) is 6.39. The number of hydrogen-bond donors (Lipinski definition) is 2. The number of hydrogen-bond acceptors (Lipinski definition) is 3. The van der Waals surface area contributed by atoms with Gasteiger partial charge in [0.15, 0.2) is 0 Å². The molecule has 0 heterocycles. The van der Waals surface area contributed by atoms with Gasteiger partial charge in [-0.2, -0.15) is 0 Å². The van der Waals surface area contributed by atoms with Crippen LogP contribution in [-0.4, -0.2) is 24.1 Å². The number of amides is 2. The minimum Gasteiger partial charge on any atom is -0.346 e. The monoisotopic (exact) mass is 370 g/mol. The maximum Gasteiger partial charge on any atom is 0.243 e. The summed E-state index contributed by atoms with van der Waals surface area (Å²) in [6.45, 7) is 10.0. The molecular formula is C21H26N2O2S. The summed E-state index contributed by atoms with van der Waals surface area (Å²) in [6, 6.07) is 10.1. The van der Waals surface area contributed by atoms with Crippen molar-refractivity contribution in [1.29, 1.82) is 0 Å². The van der Waals surface area contributed by atoms with Crippen molar-refractivity contribution in [3.05, 3.63) is 58.1 Å². The normalized spacial score (nSPS) is 10.5. The van der Waals surface area contributed by atoms with Gasteiger partial charge >= 0.3 is 0 Å². The number of nitrogens with one attached hydrogen (secondary N) is 2. The van der Waals surface area contributed by atoms with E-state index in [1.54, 1.807) is 0 Å². The van der Waals surface area contributed by atoms with Crippen LogP contribution < -0.4 is 10.6 Å². The zero-order chi connectivity index (χ0) is 19.3. The molecule has 0 aliphatic rings. The first-order valence-corrected chi connectivity index (χ1v) is 9.60. The molecule has 138 valence electrons. The van der Waals surface area contributed by atoms with Gasteiger partial charge in [-0.25, -0.2) is 0 Å². The fourth-order valence-electron chi connectivity index (χ4n) is 2.96. The van der Waals surface area contributed by atoms with Crippen molar-refractivity contribution in [3.8, 4) is 0 Å². The van der Waals surface area contributed by atoms with Crippen LogP contribution in [0.1, 0.15) is 27.8 Å². The molecule has 0 spiro atoms. The van der Waals surface area contributed by atoms with Crippen LogP contribution in [0.2, 0.25) is 0 Å². The number of para-hydroxylation sites is 1. The summed E-state index contributed by atoms with van der Waals surface area (Å²) >= 11 is 1.51. The fourth-order valence-corrected chi connectivity index (χ4v) is 3.91. The van der Waals surface area contributed by atoms with Gasteiger partial charge in [0.1, 0.15) is 0 Å². The minimum atomic E-state index is -0.219. The van der Waals surface area contributed by atoms with Gasteiger partial charge in [-0.15, -0.1) is 11.8 Å². The van der Waals surface area contributed by atoms with E-state index in [0.717, 1.165) is 21.7 Å². The van der Waals surface area contributed by atoms with E-state index in [-0.39, 0.29) is 18.4 Å². The summed E-state index contributed by atoms with van der Waals surface area (Å²) in [4.78, 5) is 25.3. The van der Waals surface area contributed by atoms with Gasteiger partial charge in [0, 0.05) is 10.6 Å². The summed E-state index contributed by atoms with van der Waals surface area (Å²) in [6.07, 6.45) is 0. The zero-order valence-electron chi connectivity index (χ0n) is 16.0. The van der Waals surface area contributed by atoms with Gasteiger partial charge in [-0.3, -0.25) is 9.59 Å². The molecule has 0 aliphatic carbocycles. The van der Waals surface area contributed by atoms with Gasteiger partial charge in [0.05, 0.1) is 12.3 Å². The summed E-state index contributed by atoms with van der Waals surface area (Å²) in [7, 11) is 0. The van der Waals surface area contributed by atoms with Gasteiger partial charge in [0.25, 0.3) is 0 Å². The third-order valence-electron chi connectivity index (χ3n) is 4.14. The number of carbonyl (C=O) groups excluding carboxylic acids is 2. The molecule has 2 aromatic rings. The first kappa shape index (κ1) is 20.0. The average molecular weight is 371 g/mol. The largest absolute Gasteiger partial charge is 0.346 e. The lowest BCUT2D eigenvalue weighted by Crippen LogP contribution is -2.34. The topological polar surface area (TPSA) is 58.2 Å². The molecule has 5 heteroatoms. The molecule has 2 amide bonds. The lowest BCUT2D eigenvalue weighted by Gasteiger charge is -2.13. The summed E-state index contributed by atoms with van der Waals surface area (Å²) < 4.78 is 0. The van der Waals surface area contributed by atoms with Crippen LogP contribution in [0, 0.1) is 34.6 Å². The number of carbonyl (C=O) groups is 2. The highest BCUT2D eigenvalue weighted by Crippen LogP contribution is 2.27. The van der Waals surface area contributed by atoms with Crippen LogP contribution in [0.15, 0.2) is 35.2 Å². The second kappa shape index (κ2) is 8.90. The number of benzene rings is 2. The van der Waals surface area contributed by atoms with Crippen LogP contribution in [0.25, 0.3) is 0 Å². The SMILES string of the molecule is Cc1cc(C)c(SCC(=O)NCC(=O)Nc2c(C)cccc2C)c(C)c1. The van der Waals surface area contributed by atoms with Crippen LogP contribution in [-0.2, 0) is 9.59 Å². The predicted molar refractivity (Wildman–Crippen MR) is 109 cm³/mol. The third-order valence-corrected chi connectivity index (χ3v) is 5.48. The van der Waals surface area contributed by atoms with E-state index in [2.05, 4.69) is 43.5 Å².